The summed E-state index contributed by atoms with van der Waals surface area (Å²) in [5.74, 6) is -0.476. The smallest absolute Gasteiger partial charge is 0.330 e. The number of primary amides is 1. The zero-order chi connectivity index (χ0) is 11.4. The number of amides is 3. The van der Waals surface area contributed by atoms with Gasteiger partial charge in [0.05, 0.1) is 0 Å². The summed E-state index contributed by atoms with van der Waals surface area (Å²) in [5.41, 5.74) is 10.1. The highest BCUT2D eigenvalue weighted by Gasteiger charge is 2.07. The normalized spacial score (nSPS) is 9.47. The van der Waals surface area contributed by atoms with Gasteiger partial charge in [-0.3, -0.25) is 10.2 Å². The fourth-order valence-corrected chi connectivity index (χ4v) is 1.11. The Labute approximate surface area is 91.6 Å². The van der Waals surface area contributed by atoms with Crippen molar-refractivity contribution in [1.82, 2.24) is 10.9 Å². The summed E-state index contributed by atoms with van der Waals surface area (Å²) in [6.45, 7) is 1.83. The maximum Gasteiger partial charge on any atom is 0.330 e. The van der Waals surface area contributed by atoms with Crippen LogP contribution in [-0.2, 0) is 0 Å². The number of nitrogens with one attached hydrogen (secondary N) is 2. The Morgan fingerprint density at radius 3 is 2.53 bits per heavy atom. The predicted octanol–water partition coefficient (Wildman–Crippen LogP) is 0.962. The van der Waals surface area contributed by atoms with Crippen molar-refractivity contribution in [3.05, 3.63) is 34.3 Å². The highest BCUT2D eigenvalue weighted by molar-refractivity contribution is 6.31. The second-order valence-electron chi connectivity index (χ2n) is 2.91. The molecule has 0 aliphatic rings. The van der Waals surface area contributed by atoms with Crippen LogP contribution in [0.4, 0.5) is 4.79 Å². The summed E-state index contributed by atoms with van der Waals surface area (Å²) in [6.07, 6.45) is 0. The molecule has 6 heteroatoms. The Bertz CT molecular complexity index is 406. The van der Waals surface area contributed by atoms with Crippen molar-refractivity contribution in [2.45, 2.75) is 6.92 Å². The Balaban J connectivity index is 2.74. The lowest BCUT2D eigenvalue weighted by Crippen LogP contribution is -2.44. The lowest BCUT2D eigenvalue weighted by molar-refractivity contribution is 0.0937. The van der Waals surface area contributed by atoms with E-state index in [4.69, 9.17) is 17.3 Å². The highest BCUT2D eigenvalue weighted by atomic mass is 35.5. The van der Waals surface area contributed by atoms with Gasteiger partial charge in [0, 0.05) is 10.6 Å². The van der Waals surface area contributed by atoms with Gasteiger partial charge >= 0.3 is 6.03 Å². The first-order valence-corrected chi connectivity index (χ1v) is 4.50. The number of benzene rings is 1. The molecule has 0 aromatic heterocycles. The second-order valence-corrected chi connectivity index (χ2v) is 3.31. The average molecular weight is 228 g/mol. The molecule has 0 radical (unpaired) electrons. The van der Waals surface area contributed by atoms with Crippen molar-refractivity contribution in [2.75, 3.05) is 0 Å². The topological polar surface area (TPSA) is 84.2 Å². The predicted molar refractivity (Wildman–Crippen MR) is 56.4 cm³/mol. The number of carbonyl (C=O) groups is 2. The fourth-order valence-electron chi connectivity index (χ4n) is 0.925. The van der Waals surface area contributed by atoms with Gasteiger partial charge in [0.15, 0.2) is 0 Å². The van der Waals surface area contributed by atoms with Crippen LogP contribution in [0.5, 0.6) is 0 Å². The monoisotopic (exact) mass is 227 g/mol. The molecular formula is C9H10ClN3O2. The van der Waals surface area contributed by atoms with Crippen LogP contribution in [0.2, 0.25) is 5.02 Å². The summed E-state index contributed by atoms with van der Waals surface area (Å²) < 4.78 is 0. The van der Waals surface area contributed by atoms with Gasteiger partial charge in [-0.25, -0.2) is 10.2 Å². The number of hydrazine groups is 1. The van der Waals surface area contributed by atoms with Gasteiger partial charge in [0.2, 0.25) is 0 Å². The van der Waals surface area contributed by atoms with Gasteiger partial charge in [0.25, 0.3) is 5.91 Å². The molecule has 4 N–H and O–H groups in total. The third-order valence-electron chi connectivity index (χ3n) is 1.73. The number of hydrogen-bond donors (Lipinski definition) is 3. The maximum absolute atomic E-state index is 11.4. The first-order chi connectivity index (χ1) is 7.00. The third kappa shape index (κ3) is 3.14. The van der Waals surface area contributed by atoms with E-state index < -0.39 is 11.9 Å². The van der Waals surface area contributed by atoms with E-state index in [1.54, 1.807) is 12.1 Å². The number of hydrogen-bond acceptors (Lipinski definition) is 2. The van der Waals surface area contributed by atoms with Crippen LogP contribution in [0.25, 0.3) is 0 Å². The molecule has 3 amide bonds. The lowest BCUT2D eigenvalue weighted by atomic mass is 10.1. The molecule has 0 atom stereocenters. The maximum atomic E-state index is 11.4. The molecule has 0 saturated carbocycles. The molecule has 0 unspecified atom stereocenters. The molecule has 0 bridgehead atoms. The molecule has 0 saturated heterocycles. The number of urea groups is 1. The third-order valence-corrected chi connectivity index (χ3v) is 2.14. The minimum Gasteiger partial charge on any atom is -0.350 e. The molecule has 1 aromatic rings. The van der Waals surface area contributed by atoms with Gasteiger partial charge in [-0.1, -0.05) is 17.7 Å². The van der Waals surface area contributed by atoms with E-state index in [2.05, 4.69) is 5.43 Å². The summed E-state index contributed by atoms with van der Waals surface area (Å²) in [6, 6.07) is 3.98. The van der Waals surface area contributed by atoms with Crippen molar-refractivity contribution in [1.29, 1.82) is 0 Å². The van der Waals surface area contributed by atoms with Crippen LogP contribution >= 0.6 is 11.6 Å². The van der Waals surface area contributed by atoms with E-state index in [-0.39, 0.29) is 0 Å². The molecule has 0 aliphatic heterocycles. The van der Waals surface area contributed by atoms with Gasteiger partial charge in [0.1, 0.15) is 0 Å². The van der Waals surface area contributed by atoms with Gasteiger partial charge in [-0.05, 0) is 24.6 Å². The second kappa shape index (κ2) is 4.65. The first kappa shape index (κ1) is 11.3. The van der Waals surface area contributed by atoms with Crippen LogP contribution in [0.15, 0.2) is 18.2 Å². The van der Waals surface area contributed by atoms with Gasteiger partial charge in [-0.2, -0.15) is 0 Å². The molecule has 0 fully saturated rings. The molecule has 0 aliphatic carbocycles. The molecule has 1 aromatic carbocycles. The average Bonchev–Trinajstić information content (AvgIpc) is 2.18. The molecule has 15 heavy (non-hydrogen) atoms. The molecular weight excluding hydrogens is 218 g/mol. The molecule has 0 spiro atoms. The van der Waals surface area contributed by atoms with Crippen molar-refractivity contribution < 1.29 is 9.59 Å². The van der Waals surface area contributed by atoms with Crippen LogP contribution in [-0.4, -0.2) is 11.9 Å². The van der Waals surface area contributed by atoms with Crippen molar-refractivity contribution >= 4 is 23.5 Å². The van der Waals surface area contributed by atoms with E-state index in [0.29, 0.717) is 10.6 Å². The van der Waals surface area contributed by atoms with Crippen LogP contribution in [0, 0.1) is 6.92 Å². The summed E-state index contributed by atoms with van der Waals surface area (Å²) in [7, 11) is 0. The minimum absolute atomic E-state index is 0.347. The zero-order valence-electron chi connectivity index (χ0n) is 8.00. The molecule has 0 heterocycles. The first-order valence-electron chi connectivity index (χ1n) is 4.12. The summed E-state index contributed by atoms with van der Waals surface area (Å²) >= 11 is 5.83. The summed E-state index contributed by atoms with van der Waals surface area (Å²) in [4.78, 5) is 21.7. The number of halogens is 1. The van der Waals surface area contributed by atoms with E-state index in [1.165, 1.54) is 6.07 Å². The van der Waals surface area contributed by atoms with E-state index >= 15 is 0 Å². The van der Waals surface area contributed by atoms with Crippen molar-refractivity contribution in [3.8, 4) is 0 Å². The minimum atomic E-state index is -0.832. The quantitative estimate of drug-likeness (QED) is 0.625. The summed E-state index contributed by atoms with van der Waals surface area (Å²) in [5, 5.41) is 0.488. The van der Waals surface area contributed by atoms with E-state index in [9.17, 15) is 9.59 Å². The number of carbonyl (C=O) groups excluding carboxylic acids is 2. The number of rotatable bonds is 1. The molecule has 1 rings (SSSR count). The largest absolute Gasteiger partial charge is 0.350 e. The van der Waals surface area contributed by atoms with Gasteiger partial charge in [-0.15, -0.1) is 0 Å². The Morgan fingerprint density at radius 1 is 1.33 bits per heavy atom. The number of nitrogens with two attached hydrogens (primary N) is 1. The van der Waals surface area contributed by atoms with Crippen LogP contribution in [0.3, 0.4) is 0 Å². The standard InChI is InChI=1S/C9H10ClN3O2/c1-5-2-3-6(4-7(5)10)8(14)12-13-9(11)15/h2-4H,1H3,(H,12,14)(H3,11,13,15). The van der Waals surface area contributed by atoms with Crippen LogP contribution in [0.1, 0.15) is 15.9 Å². The number of aryl methyl sites for hydroxylation is 1. The SMILES string of the molecule is Cc1ccc(C(=O)NNC(N)=O)cc1Cl. The van der Waals surface area contributed by atoms with E-state index in [0.717, 1.165) is 5.56 Å². The van der Waals surface area contributed by atoms with Crippen LogP contribution < -0.4 is 16.6 Å². The van der Waals surface area contributed by atoms with Crippen molar-refractivity contribution in [3.63, 3.8) is 0 Å². The Kier molecular flexibility index (Phi) is 3.51. The van der Waals surface area contributed by atoms with E-state index in [1.807, 2.05) is 12.3 Å². The fraction of sp³-hybridized carbons (Fsp3) is 0.111. The Hall–Kier alpha value is -1.75. The lowest BCUT2D eigenvalue weighted by Gasteiger charge is -2.05. The Morgan fingerprint density at radius 2 is 2.00 bits per heavy atom. The molecule has 80 valence electrons. The highest BCUT2D eigenvalue weighted by Crippen LogP contribution is 2.16. The van der Waals surface area contributed by atoms with Gasteiger partial charge < -0.3 is 5.73 Å². The van der Waals surface area contributed by atoms with Crippen molar-refractivity contribution in [2.24, 2.45) is 5.73 Å². The zero-order valence-corrected chi connectivity index (χ0v) is 8.76. The molecule has 5 nitrogen and oxygen atoms in total.